The van der Waals surface area contributed by atoms with E-state index in [1.165, 1.54) is 0 Å². The summed E-state index contributed by atoms with van der Waals surface area (Å²) < 4.78 is 0. The second-order valence-electron chi connectivity index (χ2n) is 2.51. The predicted molar refractivity (Wildman–Crippen MR) is 40.2 cm³/mol. The average molecular weight is 161 g/mol. The van der Waals surface area contributed by atoms with Crippen LogP contribution in [0.2, 0.25) is 0 Å². The molecule has 0 heterocycles. The summed E-state index contributed by atoms with van der Waals surface area (Å²) in [7, 11) is 0. The zero-order valence-corrected chi connectivity index (χ0v) is 6.58. The lowest BCUT2D eigenvalue weighted by Crippen LogP contribution is -2.32. The van der Waals surface area contributed by atoms with Gasteiger partial charge in [0.1, 0.15) is 0 Å². The molecule has 0 aromatic carbocycles. The molecule has 1 aliphatic rings. The van der Waals surface area contributed by atoms with E-state index in [-0.39, 0.29) is 11.9 Å². The maximum absolute atomic E-state index is 10.8. The zero-order chi connectivity index (χ0) is 7.56. The summed E-state index contributed by atoms with van der Waals surface area (Å²) in [4.78, 5) is 20.5. The third-order valence-corrected chi connectivity index (χ3v) is 1.78. The fourth-order valence-electron chi connectivity index (χ4n) is 1.19. The molecule has 0 aromatic rings. The number of hydrogen-bond donors (Lipinski definition) is 1. The van der Waals surface area contributed by atoms with Gasteiger partial charge in [-0.3, -0.25) is 14.9 Å². The highest BCUT2D eigenvalue weighted by Crippen LogP contribution is 2.16. The van der Waals surface area contributed by atoms with Crippen molar-refractivity contribution in [2.75, 3.05) is 0 Å². The molecule has 0 aliphatic heterocycles. The topological polar surface area (TPSA) is 96.7 Å². The quantitative estimate of drug-likeness (QED) is 0.461. The van der Waals surface area contributed by atoms with Crippen LogP contribution >= 0.6 is 0 Å². The minimum absolute atomic E-state index is 0. The van der Waals surface area contributed by atoms with Crippen LogP contribution < -0.4 is 6.15 Å². The fourth-order valence-corrected chi connectivity index (χ4v) is 1.19. The van der Waals surface area contributed by atoms with Crippen molar-refractivity contribution in [3.8, 4) is 0 Å². The number of Topliss-reactive ketones (excluding diaryl/α,β-unsaturated/α-hetero) is 1. The molecule has 1 unspecified atom stereocenters. The Labute approximate surface area is 64.5 Å². The van der Waals surface area contributed by atoms with Crippen LogP contribution in [0.1, 0.15) is 25.7 Å². The molecule has 0 saturated heterocycles. The van der Waals surface area contributed by atoms with Gasteiger partial charge < -0.3 is 6.15 Å². The molecular weight excluding hydrogens is 148 g/mol. The van der Waals surface area contributed by atoms with Crippen LogP contribution in [-0.4, -0.2) is 16.7 Å². The number of carbonyl (C=O) groups is 1. The summed E-state index contributed by atoms with van der Waals surface area (Å²) in [5.41, 5.74) is 0. The van der Waals surface area contributed by atoms with Gasteiger partial charge in [-0.1, -0.05) is 0 Å². The first-order valence-corrected chi connectivity index (χ1v) is 3.38. The van der Waals surface area contributed by atoms with Gasteiger partial charge in [-0.2, -0.15) is 0 Å². The van der Waals surface area contributed by atoms with Crippen LogP contribution in [-0.2, 0) is 4.79 Å². The SMILES string of the molecule is O=C1CCCCC1[N+](=O)[O-].[NH4+]. The number of quaternary nitrogens is 1. The molecule has 1 saturated carbocycles. The monoisotopic (exact) mass is 161 g/mol. The number of nitrogens with zero attached hydrogens (tertiary/aromatic N) is 1. The Balaban J connectivity index is 0.000001000. The highest BCUT2D eigenvalue weighted by atomic mass is 16.6. The zero-order valence-electron chi connectivity index (χ0n) is 6.58. The third kappa shape index (κ3) is 2.27. The standard InChI is InChI=1S/C6H9NO3.H3N/c8-6-4-2-1-3-5(6)7(9)10;/h5H,1-4H2;1H3/p+1. The number of hydrogen-bond acceptors (Lipinski definition) is 3. The Morgan fingerprint density at radius 1 is 1.45 bits per heavy atom. The number of ketones is 1. The number of carbonyl (C=O) groups excluding carboxylic acids is 1. The minimum Gasteiger partial charge on any atom is -0.369 e. The molecule has 0 amide bonds. The van der Waals surface area contributed by atoms with Crippen LogP contribution in [0, 0.1) is 10.1 Å². The molecule has 1 fully saturated rings. The van der Waals surface area contributed by atoms with Gasteiger partial charge in [0.2, 0.25) is 5.78 Å². The van der Waals surface area contributed by atoms with Gasteiger partial charge in [0, 0.05) is 17.8 Å². The summed E-state index contributed by atoms with van der Waals surface area (Å²) >= 11 is 0. The predicted octanol–water partition coefficient (Wildman–Crippen LogP) is 1.15. The normalized spacial score (nSPS) is 24.0. The van der Waals surface area contributed by atoms with E-state index in [0.717, 1.165) is 12.8 Å². The molecule has 0 bridgehead atoms. The molecule has 0 aromatic heterocycles. The molecule has 1 rings (SSSR count). The van der Waals surface area contributed by atoms with Gasteiger partial charge in [-0.15, -0.1) is 0 Å². The summed E-state index contributed by atoms with van der Waals surface area (Å²) in [6.45, 7) is 0. The molecular formula is C6H13N2O3+. The van der Waals surface area contributed by atoms with E-state index in [0.29, 0.717) is 12.8 Å². The summed E-state index contributed by atoms with van der Waals surface area (Å²) in [6, 6.07) is -0.895. The Morgan fingerprint density at radius 3 is 2.45 bits per heavy atom. The minimum atomic E-state index is -0.895. The van der Waals surface area contributed by atoms with E-state index in [2.05, 4.69) is 0 Å². The molecule has 1 atom stereocenters. The largest absolute Gasteiger partial charge is 0.369 e. The van der Waals surface area contributed by atoms with Gasteiger partial charge in [0.05, 0.1) is 0 Å². The highest BCUT2D eigenvalue weighted by molar-refractivity contribution is 5.83. The maximum Gasteiger partial charge on any atom is 0.270 e. The molecule has 1 aliphatic carbocycles. The number of nitro groups is 1. The molecule has 5 heteroatoms. The molecule has 0 radical (unpaired) electrons. The molecule has 4 N–H and O–H groups in total. The van der Waals surface area contributed by atoms with Gasteiger partial charge in [-0.05, 0) is 12.8 Å². The second kappa shape index (κ2) is 4.02. The summed E-state index contributed by atoms with van der Waals surface area (Å²) in [6.07, 6.45) is 2.47. The molecule has 64 valence electrons. The van der Waals surface area contributed by atoms with Crippen LogP contribution in [0.4, 0.5) is 0 Å². The Bertz CT molecular complexity index is 169. The summed E-state index contributed by atoms with van der Waals surface area (Å²) in [5, 5.41) is 10.1. The second-order valence-corrected chi connectivity index (χ2v) is 2.51. The lowest BCUT2D eigenvalue weighted by atomic mass is 9.95. The Morgan fingerprint density at radius 2 is 2.09 bits per heavy atom. The molecule has 5 nitrogen and oxygen atoms in total. The summed E-state index contributed by atoms with van der Waals surface area (Å²) in [5.74, 6) is -0.198. The molecule has 11 heavy (non-hydrogen) atoms. The van der Waals surface area contributed by atoms with Crippen molar-refractivity contribution in [2.45, 2.75) is 31.7 Å². The first kappa shape index (κ1) is 10.0. The van der Waals surface area contributed by atoms with E-state index >= 15 is 0 Å². The van der Waals surface area contributed by atoms with E-state index in [4.69, 9.17) is 0 Å². The van der Waals surface area contributed by atoms with Crippen molar-refractivity contribution in [1.82, 2.24) is 6.15 Å². The van der Waals surface area contributed by atoms with Crippen molar-refractivity contribution < 1.29 is 9.72 Å². The van der Waals surface area contributed by atoms with Gasteiger partial charge in [0.25, 0.3) is 6.04 Å². The van der Waals surface area contributed by atoms with Crippen molar-refractivity contribution in [3.05, 3.63) is 10.1 Å². The van der Waals surface area contributed by atoms with Crippen molar-refractivity contribution >= 4 is 5.78 Å². The lowest BCUT2D eigenvalue weighted by molar-refractivity contribution is -0.509. The van der Waals surface area contributed by atoms with Gasteiger partial charge >= 0.3 is 0 Å². The van der Waals surface area contributed by atoms with Crippen LogP contribution in [0.3, 0.4) is 0 Å². The van der Waals surface area contributed by atoms with E-state index in [1.807, 2.05) is 0 Å². The maximum atomic E-state index is 10.8. The lowest BCUT2D eigenvalue weighted by Gasteiger charge is -2.12. The fraction of sp³-hybridized carbons (Fsp3) is 0.833. The van der Waals surface area contributed by atoms with Gasteiger partial charge in [-0.25, -0.2) is 0 Å². The van der Waals surface area contributed by atoms with E-state index in [1.54, 1.807) is 0 Å². The first-order valence-electron chi connectivity index (χ1n) is 3.38. The highest BCUT2D eigenvalue weighted by Gasteiger charge is 2.31. The Hall–Kier alpha value is -0.970. The van der Waals surface area contributed by atoms with Crippen molar-refractivity contribution in [1.29, 1.82) is 0 Å². The average Bonchev–Trinajstić information content (AvgIpc) is 1.88. The van der Waals surface area contributed by atoms with Crippen LogP contribution in [0.5, 0.6) is 0 Å². The Kier molecular flexibility index (Phi) is 3.67. The van der Waals surface area contributed by atoms with E-state index in [9.17, 15) is 14.9 Å². The molecule has 0 spiro atoms. The number of rotatable bonds is 1. The van der Waals surface area contributed by atoms with Crippen LogP contribution in [0.15, 0.2) is 0 Å². The van der Waals surface area contributed by atoms with E-state index < -0.39 is 11.0 Å². The smallest absolute Gasteiger partial charge is 0.270 e. The third-order valence-electron chi connectivity index (χ3n) is 1.78. The van der Waals surface area contributed by atoms with Gasteiger partial charge in [0.15, 0.2) is 0 Å². The van der Waals surface area contributed by atoms with Crippen molar-refractivity contribution in [2.24, 2.45) is 0 Å². The first-order chi connectivity index (χ1) is 4.72. The van der Waals surface area contributed by atoms with Crippen molar-refractivity contribution in [3.63, 3.8) is 0 Å². The van der Waals surface area contributed by atoms with Crippen LogP contribution in [0.25, 0.3) is 0 Å².